The summed E-state index contributed by atoms with van der Waals surface area (Å²) in [5, 5.41) is 0. The van der Waals surface area contributed by atoms with Crippen LogP contribution in [0.15, 0.2) is 30.6 Å². The molecule has 0 bridgehead atoms. The first-order valence-electron chi connectivity index (χ1n) is 6.30. The van der Waals surface area contributed by atoms with Crippen LogP contribution in [0.25, 0.3) is 0 Å². The largest absolute Gasteiger partial charge is 0.399 e. The number of amides is 1. The zero-order valence-corrected chi connectivity index (χ0v) is 10.8. The Morgan fingerprint density at radius 1 is 1.37 bits per heavy atom. The van der Waals surface area contributed by atoms with Crippen LogP contribution < -0.4 is 5.73 Å². The number of anilines is 1. The van der Waals surface area contributed by atoms with Gasteiger partial charge in [-0.2, -0.15) is 0 Å². The minimum absolute atomic E-state index is 0.0392. The number of benzene rings is 1. The monoisotopic (exact) mass is 256 g/mol. The Balaban J connectivity index is 1.83. The van der Waals surface area contributed by atoms with Crippen LogP contribution in [-0.4, -0.2) is 26.9 Å². The highest BCUT2D eigenvalue weighted by molar-refractivity contribution is 5.94. The molecule has 2 N–H and O–H groups in total. The van der Waals surface area contributed by atoms with Gasteiger partial charge in [0.15, 0.2) is 0 Å². The quantitative estimate of drug-likeness (QED) is 0.785. The molecule has 0 aliphatic carbocycles. The molecule has 2 heterocycles. The zero-order chi connectivity index (χ0) is 13.4. The first-order valence-corrected chi connectivity index (χ1v) is 6.30. The minimum atomic E-state index is 0.0392. The molecule has 2 aromatic rings. The fourth-order valence-electron chi connectivity index (χ4n) is 2.34. The van der Waals surface area contributed by atoms with Crippen molar-refractivity contribution in [1.29, 1.82) is 0 Å². The van der Waals surface area contributed by atoms with E-state index in [1.54, 1.807) is 18.3 Å². The van der Waals surface area contributed by atoms with Crippen LogP contribution in [0.3, 0.4) is 0 Å². The van der Waals surface area contributed by atoms with Crippen LogP contribution in [-0.2, 0) is 13.1 Å². The highest BCUT2D eigenvalue weighted by Gasteiger charge is 2.22. The van der Waals surface area contributed by atoms with E-state index in [1.165, 1.54) is 0 Å². The third kappa shape index (κ3) is 2.07. The molecule has 1 aromatic carbocycles. The zero-order valence-electron chi connectivity index (χ0n) is 10.8. The van der Waals surface area contributed by atoms with E-state index in [4.69, 9.17) is 5.73 Å². The molecule has 1 amide bonds. The van der Waals surface area contributed by atoms with Crippen molar-refractivity contribution in [2.75, 3.05) is 12.3 Å². The fourth-order valence-corrected chi connectivity index (χ4v) is 2.34. The average molecular weight is 256 g/mol. The summed E-state index contributed by atoms with van der Waals surface area (Å²) in [6.45, 7) is 3.99. The fraction of sp³-hybridized carbons (Fsp3) is 0.286. The molecular weight excluding hydrogens is 240 g/mol. The average Bonchev–Trinajstić information content (AvgIpc) is 2.88. The van der Waals surface area contributed by atoms with Crippen LogP contribution in [0.1, 0.15) is 21.7 Å². The van der Waals surface area contributed by atoms with E-state index in [2.05, 4.69) is 9.55 Å². The van der Waals surface area contributed by atoms with E-state index in [0.29, 0.717) is 24.3 Å². The number of hydrogen-bond donors (Lipinski definition) is 1. The van der Waals surface area contributed by atoms with Crippen molar-refractivity contribution in [3.05, 3.63) is 47.5 Å². The highest BCUT2D eigenvalue weighted by Crippen LogP contribution is 2.17. The summed E-state index contributed by atoms with van der Waals surface area (Å²) < 4.78 is 2.08. The second-order valence-corrected chi connectivity index (χ2v) is 4.83. The number of nitrogens with two attached hydrogens (primary N) is 1. The van der Waals surface area contributed by atoms with Crippen molar-refractivity contribution in [2.24, 2.45) is 0 Å². The third-order valence-electron chi connectivity index (χ3n) is 3.55. The lowest BCUT2D eigenvalue weighted by atomic mass is 10.1. The van der Waals surface area contributed by atoms with Crippen molar-refractivity contribution in [2.45, 2.75) is 20.0 Å². The van der Waals surface area contributed by atoms with Gasteiger partial charge >= 0.3 is 0 Å². The maximum absolute atomic E-state index is 12.4. The molecule has 0 saturated carbocycles. The molecule has 0 saturated heterocycles. The van der Waals surface area contributed by atoms with Crippen LogP contribution in [0.4, 0.5) is 5.69 Å². The van der Waals surface area contributed by atoms with Gasteiger partial charge in [-0.25, -0.2) is 4.98 Å². The molecule has 0 spiro atoms. The Labute approximate surface area is 111 Å². The van der Waals surface area contributed by atoms with Crippen molar-refractivity contribution in [3.63, 3.8) is 0 Å². The smallest absolute Gasteiger partial charge is 0.254 e. The van der Waals surface area contributed by atoms with E-state index in [-0.39, 0.29) is 5.91 Å². The topological polar surface area (TPSA) is 64.2 Å². The maximum Gasteiger partial charge on any atom is 0.254 e. The van der Waals surface area contributed by atoms with Crippen molar-refractivity contribution >= 4 is 11.6 Å². The number of nitrogens with zero attached hydrogens (tertiary/aromatic N) is 3. The Morgan fingerprint density at radius 2 is 2.21 bits per heavy atom. The molecule has 0 unspecified atom stereocenters. The number of fused-ring (bicyclic) bond motifs is 1. The summed E-state index contributed by atoms with van der Waals surface area (Å²) in [5.74, 6) is 0.976. The summed E-state index contributed by atoms with van der Waals surface area (Å²) in [6, 6.07) is 5.41. The molecule has 0 atom stereocenters. The molecule has 19 heavy (non-hydrogen) atoms. The Morgan fingerprint density at radius 3 is 3.00 bits per heavy atom. The van der Waals surface area contributed by atoms with E-state index >= 15 is 0 Å². The number of nitrogen functional groups attached to an aromatic ring is 1. The van der Waals surface area contributed by atoms with Crippen LogP contribution in [0, 0.1) is 6.92 Å². The third-order valence-corrected chi connectivity index (χ3v) is 3.55. The highest BCUT2D eigenvalue weighted by atomic mass is 16.2. The number of rotatable bonds is 1. The van der Waals surface area contributed by atoms with Gasteiger partial charge in [-0.3, -0.25) is 4.79 Å². The van der Waals surface area contributed by atoms with Gasteiger partial charge in [0.2, 0.25) is 0 Å². The van der Waals surface area contributed by atoms with E-state index in [9.17, 15) is 4.79 Å². The number of imidazole rings is 1. The predicted molar refractivity (Wildman–Crippen MR) is 72.6 cm³/mol. The molecule has 5 heteroatoms. The van der Waals surface area contributed by atoms with Gasteiger partial charge in [0.05, 0.1) is 6.54 Å². The molecular formula is C14H16N4O. The lowest BCUT2D eigenvalue weighted by Crippen LogP contribution is -2.38. The number of aromatic nitrogens is 2. The normalized spacial score (nSPS) is 14.3. The maximum atomic E-state index is 12.4. The molecule has 3 rings (SSSR count). The Kier molecular flexibility index (Phi) is 2.74. The predicted octanol–water partition coefficient (Wildman–Crippen LogP) is 1.43. The molecule has 0 radical (unpaired) electrons. The number of carbonyl (C=O) groups excluding carboxylic acids is 1. The van der Waals surface area contributed by atoms with E-state index < -0.39 is 0 Å². The van der Waals surface area contributed by atoms with E-state index in [1.807, 2.05) is 24.1 Å². The molecule has 1 aliphatic rings. The standard InChI is InChI=1S/C14H16N4O/c1-10-8-11(2-3-12(10)15)14(19)18-7-6-17-5-4-16-13(17)9-18/h2-5,8H,6-7,9,15H2,1H3. The summed E-state index contributed by atoms with van der Waals surface area (Å²) >= 11 is 0. The van der Waals surface area contributed by atoms with Gasteiger partial charge in [0, 0.05) is 36.7 Å². The lowest BCUT2D eigenvalue weighted by Gasteiger charge is -2.27. The van der Waals surface area contributed by atoms with Crippen LogP contribution >= 0.6 is 0 Å². The Bertz CT molecular complexity index is 632. The van der Waals surface area contributed by atoms with Gasteiger partial charge < -0.3 is 15.2 Å². The molecule has 1 aromatic heterocycles. The van der Waals surface area contributed by atoms with Gasteiger partial charge in [-0.15, -0.1) is 0 Å². The van der Waals surface area contributed by atoms with E-state index in [0.717, 1.165) is 17.9 Å². The summed E-state index contributed by atoms with van der Waals surface area (Å²) in [4.78, 5) is 18.5. The second-order valence-electron chi connectivity index (χ2n) is 4.83. The Hall–Kier alpha value is -2.30. The number of aryl methyl sites for hydroxylation is 1. The van der Waals surface area contributed by atoms with Crippen molar-refractivity contribution in [1.82, 2.24) is 14.5 Å². The van der Waals surface area contributed by atoms with Gasteiger partial charge in [0.1, 0.15) is 5.82 Å². The SMILES string of the molecule is Cc1cc(C(=O)N2CCn3ccnc3C2)ccc1N. The lowest BCUT2D eigenvalue weighted by molar-refractivity contribution is 0.0707. The second kappa shape index (κ2) is 4.42. The molecule has 0 fully saturated rings. The van der Waals surface area contributed by atoms with Crippen LogP contribution in [0.2, 0.25) is 0 Å². The molecule has 1 aliphatic heterocycles. The van der Waals surface area contributed by atoms with Crippen LogP contribution in [0.5, 0.6) is 0 Å². The number of hydrogen-bond acceptors (Lipinski definition) is 3. The number of carbonyl (C=O) groups is 1. The van der Waals surface area contributed by atoms with Crippen molar-refractivity contribution in [3.8, 4) is 0 Å². The van der Waals surface area contributed by atoms with Gasteiger partial charge in [-0.05, 0) is 30.7 Å². The summed E-state index contributed by atoms with van der Waals surface area (Å²) in [5.41, 5.74) is 8.11. The molecule has 98 valence electrons. The van der Waals surface area contributed by atoms with Gasteiger partial charge in [0.25, 0.3) is 5.91 Å². The van der Waals surface area contributed by atoms with Gasteiger partial charge in [-0.1, -0.05) is 0 Å². The van der Waals surface area contributed by atoms with Crippen molar-refractivity contribution < 1.29 is 4.79 Å². The summed E-state index contributed by atoms with van der Waals surface area (Å²) in [6.07, 6.45) is 3.72. The molecule has 5 nitrogen and oxygen atoms in total. The first-order chi connectivity index (χ1) is 9.15. The first kappa shape index (κ1) is 11.8. The summed E-state index contributed by atoms with van der Waals surface area (Å²) in [7, 11) is 0. The minimum Gasteiger partial charge on any atom is -0.399 e.